The molecule has 4 rings (SSSR count). The number of aromatic nitrogens is 4. The Bertz CT molecular complexity index is 899. The van der Waals surface area contributed by atoms with E-state index in [1.54, 1.807) is 6.07 Å². The molecule has 1 atom stereocenters. The molecule has 2 aliphatic rings. The highest BCUT2D eigenvalue weighted by molar-refractivity contribution is 5.47. The number of hydrogen-bond donors (Lipinski definition) is 0. The van der Waals surface area contributed by atoms with Gasteiger partial charge in [0.1, 0.15) is 0 Å². The molecule has 1 aromatic carbocycles. The van der Waals surface area contributed by atoms with Crippen LogP contribution >= 0.6 is 0 Å². The lowest BCUT2D eigenvalue weighted by atomic mass is 9.96. The summed E-state index contributed by atoms with van der Waals surface area (Å²) in [6.45, 7) is 3.88. The highest BCUT2D eigenvalue weighted by atomic mass is 19.4. The molecule has 1 aromatic heterocycles. The Labute approximate surface area is 153 Å². The van der Waals surface area contributed by atoms with Crippen molar-refractivity contribution in [2.24, 2.45) is 0 Å². The van der Waals surface area contributed by atoms with E-state index in [9.17, 15) is 13.2 Å². The Morgan fingerprint density at radius 2 is 2.15 bits per heavy atom. The minimum atomic E-state index is -4.59. The van der Waals surface area contributed by atoms with Crippen LogP contribution in [0.3, 0.4) is 0 Å². The summed E-state index contributed by atoms with van der Waals surface area (Å²) in [7, 11) is 0. The molecule has 1 aliphatic heterocycles. The number of nitriles is 1. The summed E-state index contributed by atoms with van der Waals surface area (Å²) in [5, 5.41) is 20.7. The first-order chi connectivity index (χ1) is 12.9. The fourth-order valence-electron chi connectivity index (χ4n) is 3.72. The zero-order valence-electron chi connectivity index (χ0n) is 14.6. The van der Waals surface area contributed by atoms with Gasteiger partial charge in [0.15, 0.2) is 5.82 Å². The molecule has 0 radical (unpaired) electrons. The lowest BCUT2D eigenvalue weighted by Gasteiger charge is -2.48. The Hall–Kier alpha value is -2.51. The van der Waals surface area contributed by atoms with Crippen LogP contribution in [0.2, 0.25) is 0 Å². The Kier molecular flexibility index (Phi) is 4.16. The van der Waals surface area contributed by atoms with E-state index >= 15 is 0 Å². The number of likely N-dealkylation sites (tertiary alicyclic amines) is 1. The van der Waals surface area contributed by atoms with Crippen LogP contribution < -0.4 is 0 Å². The second kappa shape index (κ2) is 6.28. The topological polar surface area (TPSA) is 79.9 Å². The summed E-state index contributed by atoms with van der Waals surface area (Å²) in [6.07, 6.45) is -2.27. The molecule has 0 N–H and O–H groups in total. The summed E-state index contributed by atoms with van der Waals surface area (Å²) in [6, 6.07) is 4.92. The highest BCUT2D eigenvalue weighted by Gasteiger charge is 2.62. The first-order valence-electron chi connectivity index (χ1n) is 8.64. The SMILES string of the molecule is CCO[C@@H]1CN(Cc2nnnn2-c2ccc(C(F)(F)F)c(C#N)c2)C12CC2. The zero-order valence-corrected chi connectivity index (χ0v) is 14.6. The maximum atomic E-state index is 13.0. The van der Waals surface area contributed by atoms with Crippen LogP contribution in [0.25, 0.3) is 5.69 Å². The lowest BCUT2D eigenvalue weighted by molar-refractivity contribution is -0.137. The van der Waals surface area contributed by atoms with Gasteiger partial charge in [-0.05, 0) is 48.4 Å². The summed E-state index contributed by atoms with van der Waals surface area (Å²) in [5.74, 6) is 0.514. The molecule has 1 saturated heterocycles. The first-order valence-corrected chi connectivity index (χ1v) is 8.64. The molecule has 1 spiro atoms. The van der Waals surface area contributed by atoms with Gasteiger partial charge in [-0.15, -0.1) is 5.10 Å². The summed E-state index contributed by atoms with van der Waals surface area (Å²) in [4.78, 5) is 2.24. The number of hydrogen-bond acceptors (Lipinski definition) is 6. The molecular weight excluding hydrogens is 361 g/mol. The van der Waals surface area contributed by atoms with Crippen LogP contribution in [-0.2, 0) is 17.5 Å². The minimum Gasteiger partial charge on any atom is -0.375 e. The van der Waals surface area contributed by atoms with E-state index in [2.05, 4.69) is 20.4 Å². The molecule has 10 heteroatoms. The largest absolute Gasteiger partial charge is 0.417 e. The van der Waals surface area contributed by atoms with E-state index in [4.69, 9.17) is 10.00 Å². The van der Waals surface area contributed by atoms with Gasteiger partial charge < -0.3 is 4.74 Å². The number of rotatable bonds is 5. The van der Waals surface area contributed by atoms with Gasteiger partial charge in [0, 0.05) is 18.7 Å². The van der Waals surface area contributed by atoms with Crippen molar-refractivity contribution in [3.63, 3.8) is 0 Å². The Morgan fingerprint density at radius 3 is 2.78 bits per heavy atom. The van der Waals surface area contributed by atoms with E-state index in [1.165, 1.54) is 10.7 Å². The van der Waals surface area contributed by atoms with E-state index in [-0.39, 0.29) is 11.6 Å². The number of alkyl halides is 3. The number of halogens is 3. The lowest BCUT2D eigenvalue weighted by Crippen LogP contribution is -2.63. The highest BCUT2D eigenvalue weighted by Crippen LogP contribution is 2.53. The molecule has 142 valence electrons. The maximum Gasteiger partial charge on any atom is 0.417 e. The first kappa shape index (κ1) is 17.9. The zero-order chi connectivity index (χ0) is 19.2. The monoisotopic (exact) mass is 378 g/mol. The predicted octanol–water partition coefficient (Wildman–Crippen LogP) is 2.31. The minimum absolute atomic E-state index is 0.0464. The van der Waals surface area contributed by atoms with Gasteiger partial charge in [-0.3, -0.25) is 4.90 Å². The molecule has 0 bridgehead atoms. The molecule has 2 heterocycles. The van der Waals surface area contributed by atoms with Crippen molar-refractivity contribution in [1.82, 2.24) is 25.1 Å². The number of benzene rings is 1. The molecule has 0 amide bonds. The van der Waals surface area contributed by atoms with E-state index in [0.29, 0.717) is 24.7 Å². The fourth-order valence-corrected chi connectivity index (χ4v) is 3.72. The van der Waals surface area contributed by atoms with Crippen LogP contribution in [0, 0.1) is 11.3 Å². The Morgan fingerprint density at radius 1 is 1.37 bits per heavy atom. The second-order valence-electron chi connectivity index (χ2n) is 6.77. The van der Waals surface area contributed by atoms with E-state index in [0.717, 1.165) is 31.5 Å². The van der Waals surface area contributed by atoms with Crippen molar-refractivity contribution in [2.45, 2.75) is 44.1 Å². The van der Waals surface area contributed by atoms with Crippen molar-refractivity contribution in [1.29, 1.82) is 5.26 Å². The third-order valence-corrected chi connectivity index (χ3v) is 5.29. The van der Waals surface area contributed by atoms with Crippen LogP contribution in [0.5, 0.6) is 0 Å². The average molecular weight is 378 g/mol. The van der Waals surface area contributed by atoms with Crippen molar-refractivity contribution in [3.05, 3.63) is 35.2 Å². The van der Waals surface area contributed by atoms with Crippen LogP contribution in [0.15, 0.2) is 18.2 Å². The van der Waals surface area contributed by atoms with E-state index in [1.807, 2.05) is 6.92 Å². The third kappa shape index (κ3) is 2.96. The van der Waals surface area contributed by atoms with Crippen molar-refractivity contribution in [3.8, 4) is 11.8 Å². The predicted molar refractivity (Wildman–Crippen MR) is 86.7 cm³/mol. The molecule has 2 fully saturated rings. The average Bonchev–Trinajstić information content (AvgIpc) is 3.36. The molecule has 27 heavy (non-hydrogen) atoms. The van der Waals surface area contributed by atoms with Gasteiger partial charge in [-0.25, -0.2) is 0 Å². The van der Waals surface area contributed by atoms with E-state index < -0.39 is 17.3 Å². The fraction of sp³-hybridized carbons (Fsp3) is 0.529. The van der Waals surface area contributed by atoms with Crippen LogP contribution in [0.4, 0.5) is 13.2 Å². The second-order valence-corrected chi connectivity index (χ2v) is 6.77. The molecule has 2 aromatic rings. The normalized spacial score (nSPS) is 21.1. The smallest absolute Gasteiger partial charge is 0.375 e. The summed E-state index contributed by atoms with van der Waals surface area (Å²) in [5.41, 5.74) is -1.06. The van der Waals surface area contributed by atoms with Crippen molar-refractivity contribution < 1.29 is 17.9 Å². The van der Waals surface area contributed by atoms with Gasteiger partial charge >= 0.3 is 6.18 Å². The standard InChI is InChI=1S/C17H17F3N6O/c1-2-27-14-9-25(16(14)5-6-16)10-15-22-23-24-26(15)12-3-4-13(17(18,19)20)11(7-12)8-21/h3-4,7,14H,2,5-6,9-10H2,1H3/t14-/m1/s1. The van der Waals surface area contributed by atoms with Gasteiger partial charge in [-0.2, -0.15) is 23.1 Å². The molecular formula is C17H17F3N6O. The molecule has 1 aliphatic carbocycles. The quantitative estimate of drug-likeness (QED) is 0.794. The number of tetrazole rings is 1. The van der Waals surface area contributed by atoms with Gasteiger partial charge in [0.2, 0.25) is 0 Å². The van der Waals surface area contributed by atoms with Crippen molar-refractivity contribution >= 4 is 0 Å². The summed E-state index contributed by atoms with van der Waals surface area (Å²) < 4.78 is 46.1. The maximum absolute atomic E-state index is 13.0. The number of ether oxygens (including phenoxy) is 1. The number of nitrogens with zero attached hydrogens (tertiary/aromatic N) is 6. The van der Waals surface area contributed by atoms with Gasteiger partial charge in [0.05, 0.1) is 35.5 Å². The van der Waals surface area contributed by atoms with Crippen LogP contribution in [-0.4, -0.2) is 49.9 Å². The molecule has 1 saturated carbocycles. The third-order valence-electron chi connectivity index (χ3n) is 5.29. The van der Waals surface area contributed by atoms with Gasteiger partial charge in [0.25, 0.3) is 0 Å². The summed E-state index contributed by atoms with van der Waals surface area (Å²) >= 11 is 0. The molecule has 7 nitrogen and oxygen atoms in total. The van der Waals surface area contributed by atoms with Crippen molar-refractivity contribution in [2.75, 3.05) is 13.2 Å². The Balaban J connectivity index is 1.58. The van der Waals surface area contributed by atoms with Gasteiger partial charge in [-0.1, -0.05) is 0 Å². The molecule has 0 unspecified atom stereocenters. The van der Waals surface area contributed by atoms with Crippen LogP contribution in [0.1, 0.15) is 36.7 Å².